The Kier molecular flexibility index (Phi) is 8.78. The maximum atomic E-state index is 13.8. The van der Waals surface area contributed by atoms with E-state index >= 15 is 0 Å². The summed E-state index contributed by atoms with van der Waals surface area (Å²) in [6.45, 7) is 2.48. The van der Waals surface area contributed by atoms with E-state index in [0.29, 0.717) is 0 Å². The van der Waals surface area contributed by atoms with Crippen LogP contribution in [-0.2, 0) is 23.9 Å². The minimum atomic E-state index is -3.16. The Morgan fingerprint density at radius 1 is 0.639 bits per heavy atom. The molecular weight excluding hydrogens is 475 g/mol. The highest BCUT2D eigenvalue weighted by Crippen LogP contribution is 2.66. The lowest BCUT2D eigenvalue weighted by molar-refractivity contribution is -0.354. The minimum absolute atomic E-state index is 0.0378. The van der Waals surface area contributed by atoms with Crippen molar-refractivity contribution in [2.75, 3.05) is 14.2 Å². The number of carbonyl (C=O) groups excluding carboxylic acids is 3. The van der Waals surface area contributed by atoms with Gasteiger partial charge in [-0.05, 0) is 57.4 Å². The van der Waals surface area contributed by atoms with Crippen molar-refractivity contribution in [3.05, 3.63) is 102 Å². The second-order valence-corrected chi connectivity index (χ2v) is 11.6. The van der Waals surface area contributed by atoms with Crippen LogP contribution in [0.2, 0.25) is 0 Å². The number of hydrogen-bond donors (Lipinski definition) is 0. The summed E-state index contributed by atoms with van der Waals surface area (Å²) in [4.78, 5) is 39.1. The van der Waals surface area contributed by atoms with Gasteiger partial charge in [0.2, 0.25) is 0 Å². The highest BCUT2D eigenvalue weighted by molar-refractivity contribution is 7.99. The van der Waals surface area contributed by atoms with Gasteiger partial charge in [-0.3, -0.25) is 14.4 Å². The summed E-state index contributed by atoms with van der Waals surface area (Å²) in [6.07, 6.45) is 0. The van der Waals surface area contributed by atoms with Crippen molar-refractivity contribution in [1.82, 2.24) is 0 Å². The Bertz CT molecular complexity index is 1130. The minimum Gasteiger partial charge on any atom is -0.614 e. The third-order valence-electron chi connectivity index (χ3n) is 6.15. The molecule has 1 atom stereocenters. The number of hydrogen-bond acceptors (Lipinski definition) is 6. The number of rotatable bonds is 10. The van der Waals surface area contributed by atoms with Crippen LogP contribution < -0.4 is 21.0 Å². The molecule has 0 amide bonds. The standard InChI is InChI=1S/C29H29O6P/c1-20(30)25(21(2)31)26(28(32)34-3)27(29(33)35-4)36(22-14-8-5-9-15-22,23-16-10-6-11-17-23)24-18-12-7-13-19-24/h5-19,25-26H,1-4H3/b29-27-. The lowest BCUT2D eigenvalue weighted by atomic mass is 9.85. The van der Waals surface area contributed by atoms with Gasteiger partial charge in [-0.15, -0.1) is 0 Å². The van der Waals surface area contributed by atoms with Crippen LogP contribution in [0.1, 0.15) is 13.8 Å². The summed E-state index contributed by atoms with van der Waals surface area (Å²) in [6, 6.07) is 28.0. The molecule has 0 N–H and O–H groups in total. The van der Waals surface area contributed by atoms with Crippen LogP contribution in [0.25, 0.3) is 0 Å². The lowest BCUT2D eigenvalue weighted by Gasteiger charge is -2.36. The Morgan fingerprint density at radius 2 is 1.00 bits per heavy atom. The summed E-state index contributed by atoms with van der Waals surface area (Å²) >= 11 is 0. The van der Waals surface area contributed by atoms with Crippen molar-refractivity contribution in [1.29, 1.82) is 0 Å². The van der Waals surface area contributed by atoms with E-state index in [0.717, 1.165) is 15.9 Å². The van der Waals surface area contributed by atoms with E-state index in [-0.39, 0.29) is 5.31 Å². The van der Waals surface area contributed by atoms with Crippen molar-refractivity contribution in [3.8, 4) is 0 Å². The third-order valence-corrected chi connectivity index (χ3v) is 10.5. The van der Waals surface area contributed by atoms with E-state index < -0.39 is 42.6 Å². The first kappa shape index (κ1) is 26.8. The molecule has 186 valence electrons. The Hall–Kier alpha value is -3.76. The van der Waals surface area contributed by atoms with Crippen LogP contribution in [0.5, 0.6) is 0 Å². The molecule has 3 aromatic rings. The van der Waals surface area contributed by atoms with E-state index in [1.54, 1.807) is 0 Å². The molecule has 0 aliphatic heterocycles. The fourth-order valence-electron chi connectivity index (χ4n) is 4.68. The van der Waals surface area contributed by atoms with Crippen LogP contribution in [0, 0.1) is 11.8 Å². The first-order valence-corrected chi connectivity index (χ1v) is 13.2. The van der Waals surface area contributed by atoms with Crippen molar-refractivity contribution in [2.24, 2.45) is 11.8 Å². The Labute approximate surface area is 211 Å². The second-order valence-electron chi connectivity index (χ2n) is 8.25. The fourth-order valence-corrected chi connectivity index (χ4v) is 9.31. The van der Waals surface area contributed by atoms with Crippen LogP contribution in [0.4, 0.5) is 0 Å². The smallest absolute Gasteiger partial charge is 0.317 e. The maximum Gasteiger partial charge on any atom is 0.317 e. The van der Waals surface area contributed by atoms with E-state index in [2.05, 4.69) is 0 Å². The van der Waals surface area contributed by atoms with Crippen molar-refractivity contribution >= 4 is 40.7 Å². The summed E-state index contributed by atoms with van der Waals surface area (Å²) in [5.41, 5.74) is 0. The summed E-state index contributed by atoms with van der Waals surface area (Å²) in [7, 11) is -0.755. The number of carbonyl (C=O) groups is 3. The molecule has 3 rings (SSSR count). The predicted octanol–water partition coefficient (Wildman–Crippen LogP) is 2.74. The molecule has 0 saturated heterocycles. The molecule has 36 heavy (non-hydrogen) atoms. The van der Waals surface area contributed by atoms with Crippen molar-refractivity contribution in [3.63, 3.8) is 0 Å². The first-order valence-electron chi connectivity index (χ1n) is 11.4. The molecule has 6 nitrogen and oxygen atoms in total. The van der Waals surface area contributed by atoms with Gasteiger partial charge in [0, 0.05) is 0 Å². The summed E-state index contributed by atoms with van der Waals surface area (Å²) < 4.78 is 10.4. The quantitative estimate of drug-likeness (QED) is 0.183. The highest BCUT2D eigenvalue weighted by Gasteiger charge is 2.57. The van der Waals surface area contributed by atoms with Gasteiger partial charge < -0.3 is 14.6 Å². The van der Waals surface area contributed by atoms with Crippen LogP contribution in [-0.4, -0.2) is 31.8 Å². The van der Waals surface area contributed by atoms with Gasteiger partial charge in [0.15, 0.2) is 0 Å². The van der Waals surface area contributed by atoms with Gasteiger partial charge in [-0.2, -0.15) is 0 Å². The number of methoxy groups -OCH3 is 2. The molecule has 7 heteroatoms. The highest BCUT2D eigenvalue weighted by atomic mass is 31.2. The number of Topliss-reactive ketones (excluding diaryl/α,β-unsaturated/α-hetero) is 2. The van der Waals surface area contributed by atoms with E-state index in [9.17, 15) is 19.5 Å². The van der Waals surface area contributed by atoms with Gasteiger partial charge in [0.1, 0.15) is 46.0 Å². The van der Waals surface area contributed by atoms with Crippen molar-refractivity contribution in [2.45, 2.75) is 13.8 Å². The molecule has 0 bridgehead atoms. The molecule has 3 aromatic carbocycles. The molecule has 0 spiro atoms. The largest absolute Gasteiger partial charge is 0.614 e. The van der Waals surface area contributed by atoms with Gasteiger partial charge in [0.25, 0.3) is 0 Å². The zero-order valence-corrected chi connectivity index (χ0v) is 21.6. The fraction of sp³-hybridized carbons (Fsp3) is 0.207. The van der Waals surface area contributed by atoms with E-state index in [1.165, 1.54) is 28.1 Å². The molecule has 0 aromatic heterocycles. The van der Waals surface area contributed by atoms with Gasteiger partial charge in [-0.1, -0.05) is 54.6 Å². The second kappa shape index (κ2) is 11.8. The zero-order valence-electron chi connectivity index (χ0n) is 20.7. The first-order chi connectivity index (χ1) is 17.3. The zero-order chi connectivity index (χ0) is 26.3. The molecule has 0 aliphatic rings. The maximum absolute atomic E-state index is 13.8. The molecule has 0 radical (unpaired) electrons. The molecule has 0 aliphatic carbocycles. The number of ether oxygens (including phenoxy) is 2. The molecule has 0 heterocycles. The number of ketones is 2. The molecule has 1 unspecified atom stereocenters. The van der Waals surface area contributed by atoms with Crippen LogP contribution in [0.3, 0.4) is 0 Å². The average molecular weight is 505 g/mol. The average Bonchev–Trinajstić information content (AvgIpc) is 2.90. The third kappa shape index (κ3) is 4.95. The lowest BCUT2D eigenvalue weighted by Crippen LogP contribution is -2.43. The Balaban J connectivity index is 2.62. The molecular formula is C29H29O6P. The summed E-state index contributed by atoms with van der Waals surface area (Å²) in [5, 5.41) is 16.2. The number of benzene rings is 3. The van der Waals surface area contributed by atoms with Crippen molar-refractivity contribution < 1.29 is 29.0 Å². The topological polar surface area (TPSA) is 92.7 Å². The Morgan fingerprint density at radius 3 is 1.28 bits per heavy atom. The van der Waals surface area contributed by atoms with E-state index in [1.807, 2.05) is 91.0 Å². The molecule has 0 saturated carbocycles. The number of esters is 1. The van der Waals surface area contributed by atoms with Crippen LogP contribution >= 0.6 is 7.26 Å². The predicted molar refractivity (Wildman–Crippen MR) is 140 cm³/mol. The van der Waals surface area contributed by atoms with Gasteiger partial charge in [0.05, 0.1) is 19.0 Å². The van der Waals surface area contributed by atoms with E-state index in [4.69, 9.17) is 9.47 Å². The summed E-state index contributed by atoms with van der Waals surface area (Å²) in [5.74, 6) is -5.59. The normalized spacial score (nSPS) is 12.9. The van der Waals surface area contributed by atoms with Gasteiger partial charge >= 0.3 is 5.97 Å². The van der Waals surface area contributed by atoms with Crippen LogP contribution in [0.15, 0.2) is 102 Å². The SMILES string of the molecule is COC(=O)C(/C(=C(\[O-])OC)[P+](c1ccccc1)(c1ccccc1)c1ccccc1)C(C(C)=O)C(C)=O. The van der Waals surface area contributed by atoms with Gasteiger partial charge in [-0.25, -0.2) is 0 Å². The monoisotopic (exact) mass is 504 g/mol. The molecule has 0 fully saturated rings.